The number of aliphatic hydroxyl groups excluding tert-OH is 1. The van der Waals surface area contributed by atoms with Crippen LogP contribution in [0.2, 0.25) is 0 Å². The van der Waals surface area contributed by atoms with Gasteiger partial charge in [-0.05, 0) is 22.3 Å². The quantitative estimate of drug-likeness (QED) is 0.580. The molecule has 3 atom stereocenters. The molecule has 3 N–H and O–H groups in total. The van der Waals surface area contributed by atoms with Crippen molar-refractivity contribution in [2.45, 2.75) is 30.6 Å². The van der Waals surface area contributed by atoms with Gasteiger partial charge < -0.3 is 29.9 Å². The highest BCUT2D eigenvalue weighted by Crippen LogP contribution is 2.44. The molecule has 0 saturated carbocycles. The van der Waals surface area contributed by atoms with Crippen molar-refractivity contribution in [3.05, 3.63) is 59.7 Å². The van der Waals surface area contributed by atoms with Gasteiger partial charge in [-0.15, -0.1) is 0 Å². The number of ether oxygens (including phenoxy) is 2. The minimum Gasteiger partial charge on any atom is -0.480 e. The Morgan fingerprint density at radius 1 is 1.09 bits per heavy atom. The van der Waals surface area contributed by atoms with E-state index in [9.17, 15) is 24.6 Å². The molecule has 1 aliphatic heterocycles. The van der Waals surface area contributed by atoms with Gasteiger partial charge in [0, 0.05) is 26.0 Å². The van der Waals surface area contributed by atoms with Crippen molar-refractivity contribution >= 4 is 18.0 Å². The third-order valence-electron chi connectivity index (χ3n) is 6.18. The number of nitrogens with one attached hydrogen (secondary N) is 1. The van der Waals surface area contributed by atoms with Crippen LogP contribution in [0.25, 0.3) is 11.1 Å². The fourth-order valence-electron chi connectivity index (χ4n) is 4.57. The summed E-state index contributed by atoms with van der Waals surface area (Å²) in [5.74, 6) is -1.90. The summed E-state index contributed by atoms with van der Waals surface area (Å²) in [5.41, 5.74) is 4.41. The zero-order valence-corrected chi connectivity index (χ0v) is 18.1. The van der Waals surface area contributed by atoms with E-state index in [0.717, 1.165) is 27.2 Å². The number of nitrogens with zero attached hydrogens (tertiary/aromatic N) is 1. The molecule has 3 unspecified atom stereocenters. The van der Waals surface area contributed by atoms with Gasteiger partial charge >= 0.3 is 12.1 Å². The Hall–Kier alpha value is -3.43. The minimum absolute atomic E-state index is 0.0443. The summed E-state index contributed by atoms with van der Waals surface area (Å²) in [6.07, 6.45) is -2.76. The van der Waals surface area contributed by atoms with E-state index in [-0.39, 0.29) is 32.0 Å². The van der Waals surface area contributed by atoms with Crippen LogP contribution in [0, 0.1) is 0 Å². The van der Waals surface area contributed by atoms with Crippen molar-refractivity contribution in [3.8, 4) is 11.1 Å². The number of aliphatic carboxylic acids is 1. The van der Waals surface area contributed by atoms with Crippen molar-refractivity contribution < 1.29 is 34.1 Å². The lowest BCUT2D eigenvalue weighted by Crippen LogP contribution is -2.49. The molecule has 2 aromatic carbocycles. The van der Waals surface area contributed by atoms with E-state index in [2.05, 4.69) is 5.32 Å². The number of fused-ring (bicyclic) bond motifs is 3. The van der Waals surface area contributed by atoms with Gasteiger partial charge in [-0.1, -0.05) is 48.5 Å². The molecule has 9 nitrogen and oxygen atoms in total. The summed E-state index contributed by atoms with van der Waals surface area (Å²) in [5, 5.41) is 21.6. The lowest BCUT2D eigenvalue weighted by atomic mass is 9.98. The minimum atomic E-state index is -1.20. The Morgan fingerprint density at radius 2 is 1.70 bits per heavy atom. The van der Waals surface area contributed by atoms with E-state index >= 15 is 0 Å². The standard InChI is InChI=1S/C24H26N2O7/c1-32-21(22(28)26-12-14(27)10-20(26)23(29)30)11-25-24(31)33-13-19-17-8-4-2-6-15(17)16-7-3-5-9-18(16)19/h2-9,14,19-21,27H,10-13H2,1H3,(H,25,31)(H,29,30). The molecule has 174 valence electrons. The Kier molecular flexibility index (Phi) is 6.62. The average Bonchev–Trinajstić information content (AvgIpc) is 3.36. The van der Waals surface area contributed by atoms with Crippen LogP contribution in [0.15, 0.2) is 48.5 Å². The largest absolute Gasteiger partial charge is 0.480 e. The van der Waals surface area contributed by atoms with Crippen LogP contribution in [0.1, 0.15) is 23.5 Å². The summed E-state index contributed by atoms with van der Waals surface area (Å²) in [6.45, 7) is -0.156. The number of hydrogen-bond donors (Lipinski definition) is 3. The highest BCUT2D eigenvalue weighted by molar-refractivity contribution is 5.87. The van der Waals surface area contributed by atoms with Gasteiger partial charge in [0.1, 0.15) is 12.6 Å². The number of aliphatic hydroxyl groups is 1. The fraction of sp³-hybridized carbons (Fsp3) is 0.375. The van der Waals surface area contributed by atoms with E-state index in [4.69, 9.17) is 9.47 Å². The molecule has 0 radical (unpaired) electrons. The first-order valence-electron chi connectivity index (χ1n) is 10.7. The number of hydrogen-bond acceptors (Lipinski definition) is 6. The van der Waals surface area contributed by atoms with E-state index in [1.54, 1.807) is 0 Å². The first-order valence-corrected chi connectivity index (χ1v) is 10.7. The Labute approximate surface area is 190 Å². The number of carbonyl (C=O) groups is 3. The lowest BCUT2D eigenvalue weighted by molar-refractivity contribution is -0.152. The van der Waals surface area contributed by atoms with Crippen LogP contribution >= 0.6 is 0 Å². The van der Waals surface area contributed by atoms with E-state index in [0.29, 0.717) is 0 Å². The Morgan fingerprint density at radius 3 is 2.27 bits per heavy atom. The van der Waals surface area contributed by atoms with Gasteiger partial charge in [0.25, 0.3) is 5.91 Å². The molecule has 2 amide bonds. The predicted octanol–water partition coefficient (Wildman–Crippen LogP) is 1.59. The maximum absolute atomic E-state index is 12.7. The molecule has 1 heterocycles. The number of carboxylic acids is 1. The Bertz CT molecular complexity index is 1010. The maximum atomic E-state index is 12.7. The van der Waals surface area contributed by atoms with Gasteiger partial charge in [0.05, 0.1) is 12.6 Å². The number of amides is 2. The lowest BCUT2D eigenvalue weighted by Gasteiger charge is -2.26. The number of rotatable bonds is 7. The summed E-state index contributed by atoms with van der Waals surface area (Å²) in [7, 11) is 1.30. The summed E-state index contributed by atoms with van der Waals surface area (Å²) in [4.78, 5) is 37.5. The van der Waals surface area contributed by atoms with Crippen molar-refractivity contribution in [1.82, 2.24) is 10.2 Å². The fourth-order valence-corrected chi connectivity index (χ4v) is 4.57. The van der Waals surface area contributed by atoms with Crippen molar-refractivity contribution in [1.29, 1.82) is 0 Å². The third kappa shape index (κ3) is 4.55. The van der Waals surface area contributed by atoms with Crippen molar-refractivity contribution in [2.24, 2.45) is 0 Å². The first-order chi connectivity index (χ1) is 15.9. The zero-order valence-electron chi connectivity index (χ0n) is 18.1. The van der Waals surface area contributed by atoms with Gasteiger partial charge in [0.2, 0.25) is 0 Å². The molecule has 0 bridgehead atoms. The smallest absolute Gasteiger partial charge is 0.407 e. The topological polar surface area (TPSA) is 125 Å². The summed E-state index contributed by atoms with van der Waals surface area (Å²) >= 11 is 0. The van der Waals surface area contributed by atoms with Crippen LogP contribution in [0.3, 0.4) is 0 Å². The molecule has 0 spiro atoms. The molecular formula is C24H26N2O7. The van der Waals surface area contributed by atoms with Crippen LogP contribution in [0.4, 0.5) is 4.79 Å². The predicted molar refractivity (Wildman–Crippen MR) is 118 cm³/mol. The zero-order chi connectivity index (χ0) is 23.5. The number of carbonyl (C=O) groups excluding carboxylic acids is 2. The number of likely N-dealkylation sites (tertiary alicyclic amines) is 1. The van der Waals surface area contributed by atoms with Gasteiger partial charge in [-0.2, -0.15) is 0 Å². The molecule has 2 aliphatic rings. The van der Waals surface area contributed by atoms with Crippen molar-refractivity contribution in [2.75, 3.05) is 26.8 Å². The van der Waals surface area contributed by atoms with Crippen LogP contribution in [0.5, 0.6) is 0 Å². The average molecular weight is 454 g/mol. The Balaban J connectivity index is 1.35. The second kappa shape index (κ2) is 9.60. The SMILES string of the molecule is COC(CNC(=O)OCC1c2ccccc2-c2ccccc21)C(=O)N1CC(O)CC1C(=O)O. The van der Waals surface area contributed by atoms with Crippen LogP contribution in [-0.4, -0.2) is 78.1 Å². The number of carboxylic acid groups (broad SMARTS) is 1. The summed E-state index contributed by atoms with van der Waals surface area (Å²) < 4.78 is 10.6. The number of β-amino-alcohol motifs (C(OH)–C–C–N with tert-alkyl or cyclic N) is 1. The normalized spacial score (nSPS) is 20.1. The first kappa shape index (κ1) is 22.8. The van der Waals surface area contributed by atoms with Gasteiger partial charge in [0.15, 0.2) is 6.10 Å². The monoisotopic (exact) mass is 454 g/mol. The van der Waals surface area contributed by atoms with E-state index < -0.39 is 36.2 Å². The molecule has 33 heavy (non-hydrogen) atoms. The molecule has 9 heteroatoms. The molecular weight excluding hydrogens is 428 g/mol. The maximum Gasteiger partial charge on any atom is 0.407 e. The number of alkyl carbamates (subject to hydrolysis) is 1. The highest BCUT2D eigenvalue weighted by Gasteiger charge is 2.41. The second-order valence-electron chi connectivity index (χ2n) is 8.16. The van der Waals surface area contributed by atoms with Crippen molar-refractivity contribution in [3.63, 3.8) is 0 Å². The molecule has 1 aliphatic carbocycles. The van der Waals surface area contributed by atoms with Crippen LogP contribution in [-0.2, 0) is 19.1 Å². The molecule has 2 aromatic rings. The van der Waals surface area contributed by atoms with Gasteiger partial charge in [-0.25, -0.2) is 9.59 Å². The highest BCUT2D eigenvalue weighted by atomic mass is 16.5. The number of methoxy groups -OCH3 is 1. The summed E-state index contributed by atoms with van der Waals surface area (Å²) in [6, 6.07) is 14.8. The molecule has 0 aromatic heterocycles. The molecule has 4 rings (SSSR count). The molecule has 1 fully saturated rings. The van der Waals surface area contributed by atoms with Gasteiger partial charge in [-0.3, -0.25) is 4.79 Å². The van der Waals surface area contributed by atoms with E-state index in [1.165, 1.54) is 7.11 Å². The van der Waals surface area contributed by atoms with Crippen LogP contribution < -0.4 is 5.32 Å². The number of benzene rings is 2. The molecule has 1 saturated heterocycles. The van der Waals surface area contributed by atoms with E-state index in [1.807, 2.05) is 48.5 Å². The third-order valence-corrected chi connectivity index (χ3v) is 6.18. The second-order valence-corrected chi connectivity index (χ2v) is 8.16.